The Kier molecular flexibility index (Phi) is 11.1. The number of aliphatic hydroxyl groups excluding tert-OH is 1. The number of likely N-dealkylation sites (N-methyl/N-ethyl adjacent to an activating group) is 1. The second-order valence-corrected chi connectivity index (χ2v) is 11.7. The first-order valence-corrected chi connectivity index (χ1v) is 15.3. The highest BCUT2D eigenvalue weighted by molar-refractivity contribution is 5.95. The lowest BCUT2D eigenvalue weighted by Gasteiger charge is -2.42. The maximum atomic E-state index is 14.2. The van der Waals surface area contributed by atoms with Gasteiger partial charge in [-0.3, -0.25) is 4.79 Å². The van der Waals surface area contributed by atoms with Crippen LogP contribution in [0.5, 0.6) is 0 Å². The summed E-state index contributed by atoms with van der Waals surface area (Å²) in [6, 6.07) is 21.9. The summed E-state index contributed by atoms with van der Waals surface area (Å²) in [6.07, 6.45) is 0.655. The average molecular weight is 667 g/mol. The Morgan fingerprint density at radius 1 is 0.875 bits per heavy atom. The van der Waals surface area contributed by atoms with Crippen molar-refractivity contribution in [3.63, 3.8) is 0 Å². The molecule has 0 bridgehead atoms. The SMILES string of the molecule is C=CCN(C)C[C@@H]1O[C@H](c2ccc(-c3ccccc3CNC(=O)c3c(F)c(F)c(F)c(F)c3F)cc2)O[C@H](c2ccc(CO)cc2)[C@@H]1C. The first-order chi connectivity index (χ1) is 23.0. The van der Waals surface area contributed by atoms with Crippen molar-refractivity contribution in [2.45, 2.75) is 38.6 Å². The lowest BCUT2D eigenvalue weighted by Crippen LogP contribution is -2.43. The van der Waals surface area contributed by atoms with E-state index in [1.54, 1.807) is 24.3 Å². The largest absolute Gasteiger partial charge is 0.392 e. The third-order valence-corrected chi connectivity index (χ3v) is 8.44. The van der Waals surface area contributed by atoms with Crippen LogP contribution < -0.4 is 5.32 Å². The van der Waals surface area contributed by atoms with Crippen LogP contribution in [0.25, 0.3) is 11.1 Å². The number of nitrogens with one attached hydrogen (secondary N) is 1. The molecule has 1 aliphatic rings. The van der Waals surface area contributed by atoms with Crippen molar-refractivity contribution >= 4 is 5.91 Å². The molecule has 1 amide bonds. The van der Waals surface area contributed by atoms with Gasteiger partial charge in [0, 0.05) is 31.1 Å². The van der Waals surface area contributed by atoms with E-state index in [4.69, 9.17) is 9.47 Å². The van der Waals surface area contributed by atoms with Crippen molar-refractivity contribution in [3.05, 3.63) is 142 Å². The molecule has 5 rings (SSSR count). The number of benzene rings is 4. The van der Waals surface area contributed by atoms with Gasteiger partial charge in [-0.05, 0) is 34.9 Å². The molecule has 4 atom stereocenters. The Bertz CT molecular complexity index is 1740. The van der Waals surface area contributed by atoms with Gasteiger partial charge in [-0.1, -0.05) is 85.8 Å². The minimum Gasteiger partial charge on any atom is -0.392 e. The van der Waals surface area contributed by atoms with Gasteiger partial charge in [0.15, 0.2) is 29.6 Å². The molecule has 1 aliphatic heterocycles. The summed E-state index contributed by atoms with van der Waals surface area (Å²) in [4.78, 5) is 14.7. The molecular weight excluding hydrogens is 631 g/mol. The number of hydrogen-bond donors (Lipinski definition) is 2. The van der Waals surface area contributed by atoms with Crippen molar-refractivity contribution in [1.29, 1.82) is 0 Å². The van der Waals surface area contributed by atoms with Crippen LogP contribution in [-0.2, 0) is 22.6 Å². The van der Waals surface area contributed by atoms with Crippen LogP contribution >= 0.6 is 0 Å². The van der Waals surface area contributed by atoms with Crippen LogP contribution in [0.2, 0.25) is 0 Å². The molecule has 4 aromatic carbocycles. The van der Waals surface area contributed by atoms with Crippen LogP contribution in [0.4, 0.5) is 22.0 Å². The van der Waals surface area contributed by atoms with E-state index in [0.29, 0.717) is 24.2 Å². The summed E-state index contributed by atoms with van der Waals surface area (Å²) in [5, 5.41) is 11.8. The molecule has 252 valence electrons. The first kappa shape index (κ1) is 34.9. The van der Waals surface area contributed by atoms with E-state index in [0.717, 1.165) is 22.3 Å². The number of nitrogens with zero attached hydrogens (tertiary/aromatic N) is 1. The maximum Gasteiger partial charge on any atom is 0.257 e. The van der Waals surface area contributed by atoms with E-state index in [-0.39, 0.29) is 31.3 Å². The monoisotopic (exact) mass is 666 g/mol. The van der Waals surface area contributed by atoms with E-state index in [1.165, 1.54) is 0 Å². The van der Waals surface area contributed by atoms with E-state index < -0.39 is 46.8 Å². The van der Waals surface area contributed by atoms with Gasteiger partial charge in [0.05, 0.1) is 18.8 Å². The molecule has 1 saturated heterocycles. The summed E-state index contributed by atoms with van der Waals surface area (Å²) in [5.74, 6) is -12.6. The molecule has 0 unspecified atom stereocenters. The number of aliphatic hydroxyl groups is 1. The smallest absolute Gasteiger partial charge is 0.257 e. The second kappa shape index (κ2) is 15.2. The van der Waals surface area contributed by atoms with Crippen LogP contribution in [0.1, 0.15) is 51.9 Å². The summed E-state index contributed by atoms with van der Waals surface area (Å²) in [7, 11) is 1.99. The molecule has 0 aliphatic carbocycles. The molecule has 4 aromatic rings. The lowest BCUT2D eigenvalue weighted by molar-refractivity contribution is -0.275. The topological polar surface area (TPSA) is 71.0 Å². The molecule has 0 saturated carbocycles. The minimum atomic E-state index is -2.34. The first-order valence-electron chi connectivity index (χ1n) is 15.3. The predicted octanol–water partition coefficient (Wildman–Crippen LogP) is 7.38. The highest BCUT2D eigenvalue weighted by Gasteiger charge is 2.38. The lowest BCUT2D eigenvalue weighted by atomic mass is 9.90. The third-order valence-electron chi connectivity index (χ3n) is 8.44. The second-order valence-electron chi connectivity index (χ2n) is 11.7. The van der Waals surface area contributed by atoms with E-state index in [2.05, 4.69) is 23.7 Å². The van der Waals surface area contributed by atoms with Crippen molar-refractivity contribution in [1.82, 2.24) is 10.2 Å². The number of ether oxygens (including phenoxy) is 2. The predicted molar refractivity (Wildman–Crippen MR) is 170 cm³/mol. The summed E-state index contributed by atoms with van der Waals surface area (Å²) in [5.41, 5.74) is 2.92. The van der Waals surface area contributed by atoms with Crippen LogP contribution in [-0.4, -0.2) is 42.2 Å². The number of rotatable bonds is 11. The fraction of sp³-hybridized carbons (Fsp3) is 0.270. The summed E-state index contributed by atoms with van der Waals surface area (Å²) < 4.78 is 82.2. The van der Waals surface area contributed by atoms with Crippen molar-refractivity contribution in [3.8, 4) is 11.1 Å². The molecule has 0 spiro atoms. The highest BCUT2D eigenvalue weighted by Crippen LogP contribution is 2.42. The Balaban J connectivity index is 1.37. The van der Waals surface area contributed by atoms with Gasteiger partial charge in [-0.15, -0.1) is 6.58 Å². The van der Waals surface area contributed by atoms with Crippen molar-refractivity contribution in [2.75, 3.05) is 20.1 Å². The Morgan fingerprint density at radius 3 is 2.10 bits per heavy atom. The normalized spacial score (nSPS) is 19.4. The number of hydrogen-bond acceptors (Lipinski definition) is 5. The van der Waals surface area contributed by atoms with Crippen LogP contribution in [0, 0.1) is 35.0 Å². The van der Waals surface area contributed by atoms with Gasteiger partial charge in [-0.25, -0.2) is 22.0 Å². The molecule has 1 fully saturated rings. The van der Waals surface area contributed by atoms with Crippen LogP contribution in [0.3, 0.4) is 0 Å². The molecule has 1 heterocycles. The van der Waals surface area contributed by atoms with E-state index in [1.807, 2.05) is 61.7 Å². The Hall–Kier alpha value is -4.42. The maximum absolute atomic E-state index is 14.2. The van der Waals surface area contributed by atoms with Crippen LogP contribution in [0.15, 0.2) is 85.5 Å². The van der Waals surface area contributed by atoms with Gasteiger partial charge in [-0.2, -0.15) is 0 Å². The molecular formula is C37H35F5N2O4. The summed E-state index contributed by atoms with van der Waals surface area (Å²) in [6.45, 7) is 6.92. The highest BCUT2D eigenvalue weighted by atomic mass is 19.2. The minimum absolute atomic E-state index is 0.000280. The number of halogens is 5. The zero-order valence-electron chi connectivity index (χ0n) is 26.4. The number of carbonyl (C=O) groups is 1. The zero-order chi connectivity index (χ0) is 34.5. The van der Waals surface area contributed by atoms with Gasteiger partial charge in [0.1, 0.15) is 5.56 Å². The molecule has 0 radical (unpaired) electrons. The Labute approximate surface area is 275 Å². The molecule has 0 aromatic heterocycles. The van der Waals surface area contributed by atoms with Gasteiger partial charge in [0.25, 0.3) is 5.91 Å². The fourth-order valence-electron chi connectivity index (χ4n) is 5.77. The quantitative estimate of drug-likeness (QED) is 0.0757. The van der Waals surface area contributed by atoms with Crippen molar-refractivity contribution in [2.24, 2.45) is 5.92 Å². The molecule has 6 nitrogen and oxygen atoms in total. The van der Waals surface area contributed by atoms with Gasteiger partial charge < -0.3 is 24.8 Å². The Morgan fingerprint density at radius 2 is 1.48 bits per heavy atom. The number of carbonyl (C=O) groups excluding carboxylic acids is 1. The van der Waals surface area contributed by atoms with E-state index >= 15 is 0 Å². The zero-order valence-corrected chi connectivity index (χ0v) is 26.4. The molecule has 48 heavy (non-hydrogen) atoms. The molecule has 11 heteroatoms. The van der Waals surface area contributed by atoms with Gasteiger partial charge >= 0.3 is 0 Å². The van der Waals surface area contributed by atoms with Gasteiger partial charge in [0.2, 0.25) is 5.82 Å². The fourth-order valence-corrected chi connectivity index (χ4v) is 5.77. The van der Waals surface area contributed by atoms with Crippen molar-refractivity contribution < 1.29 is 41.3 Å². The third kappa shape index (κ3) is 7.34. The standard InChI is InChI=1S/C37H35F5N2O4/c1-4-17-44(3)19-28-21(2)35(24-11-9-22(20-45)10-12-24)48-37(47-28)25-15-13-23(14-16-25)27-8-6-5-7-26(27)18-43-36(46)29-30(38)32(40)34(42)33(41)31(29)39/h4-16,21,28,35,37,45H,1,17-20H2,2-3H3,(H,43,46)/t21-,28+,35+,37+/m1/s1. The van der Waals surface area contributed by atoms with E-state index in [9.17, 15) is 31.9 Å². The molecule has 2 N–H and O–H groups in total. The summed E-state index contributed by atoms with van der Waals surface area (Å²) >= 11 is 0. The average Bonchev–Trinajstić information content (AvgIpc) is 3.10. The number of amides is 1.